The zero-order valence-electron chi connectivity index (χ0n) is 22.7. The summed E-state index contributed by atoms with van der Waals surface area (Å²) in [7, 11) is 0.0394. The van der Waals surface area contributed by atoms with Gasteiger partial charge in [-0.25, -0.2) is 4.79 Å². The summed E-state index contributed by atoms with van der Waals surface area (Å²) in [6.45, 7) is 7.56. The molecule has 1 N–H and O–H groups in total. The van der Waals surface area contributed by atoms with Gasteiger partial charge >= 0.3 is 5.97 Å². The maximum Gasteiger partial charge on any atom is 0.334 e. The Bertz CT molecular complexity index is 840. The van der Waals surface area contributed by atoms with Gasteiger partial charge in [0.15, 0.2) is 18.7 Å². The zero-order valence-corrected chi connectivity index (χ0v) is 23.7. The highest BCUT2D eigenvalue weighted by Gasteiger charge is 2.52. The Kier molecular flexibility index (Phi) is 10.2. The summed E-state index contributed by atoms with van der Waals surface area (Å²) in [6, 6.07) is 10.6. The lowest BCUT2D eigenvalue weighted by molar-refractivity contribution is -0.368. The average Bonchev–Trinajstić information content (AvgIpc) is 2.90. The molecular formula is C28H44O8Si. The highest BCUT2D eigenvalue weighted by Crippen LogP contribution is 2.37. The normalized spacial score (nSPS) is 31.9. The van der Waals surface area contributed by atoms with Crippen LogP contribution in [0.4, 0.5) is 0 Å². The van der Waals surface area contributed by atoms with E-state index in [9.17, 15) is 9.90 Å². The Balaban J connectivity index is 1.53. The minimum atomic E-state index is -1.34. The average molecular weight is 537 g/mol. The third-order valence-electron chi connectivity index (χ3n) is 7.57. The lowest BCUT2D eigenvalue weighted by atomic mass is 9.85. The predicted molar refractivity (Wildman–Crippen MR) is 141 cm³/mol. The van der Waals surface area contributed by atoms with E-state index in [4.69, 9.17) is 28.4 Å². The van der Waals surface area contributed by atoms with Crippen LogP contribution in [0, 0.1) is 5.92 Å². The van der Waals surface area contributed by atoms with E-state index in [1.54, 1.807) is 0 Å². The molecule has 3 fully saturated rings. The monoisotopic (exact) mass is 536 g/mol. The van der Waals surface area contributed by atoms with Gasteiger partial charge in [0.1, 0.15) is 24.4 Å². The van der Waals surface area contributed by atoms with E-state index in [2.05, 4.69) is 19.6 Å². The second kappa shape index (κ2) is 13.1. The summed E-state index contributed by atoms with van der Waals surface area (Å²) < 4.78 is 36.1. The van der Waals surface area contributed by atoms with Crippen molar-refractivity contribution in [3.63, 3.8) is 0 Å². The van der Waals surface area contributed by atoms with Crippen molar-refractivity contribution in [3.05, 3.63) is 35.9 Å². The molecule has 0 bridgehead atoms. The third kappa shape index (κ3) is 7.85. The van der Waals surface area contributed by atoms with Crippen LogP contribution in [0.25, 0.3) is 0 Å². The standard InChI is InChI=1S/C28H44O8Si/c1-31-26(30)21(17-19-11-7-5-8-12-19)34-25-23(29)28(32-15-16-37(2,3)4)35-22-18-33-27(36-24(22)25)20-13-9-6-10-14-20/h6,9-10,13-14,19,21-25,27-29H,5,7-8,11-12,15-18H2,1-4H3/t21-,22+,23+,24-,25+,27?,28+/m0/s1. The first-order valence-electron chi connectivity index (χ1n) is 13.8. The summed E-state index contributed by atoms with van der Waals surface area (Å²) in [5, 5.41) is 11.4. The van der Waals surface area contributed by atoms with Crippen molar-refractivity contribution in [2.24, 2.45) is 5.92 Å². The van der Waals surface area contributed by atoms with Crippen molar-refractivity contribution in [1.82, 2.24) is 0 Å². The number of fused-ring (bicyclic) bond motifs is 1. The number of hydrogen-bond acceptors (Lipinski definition) is 8. The number of hydrogen-bond donors (Lipinski definition) is 1. The molecule has 208 valence electrons. The fraction of sp³-hybridized carbons (Fsp3) is 0.750. The second-order valence-corrected chi connectivity index (χ2v) is 17.4. The molecule has 9 heteroatoms. The number of carbonyl (C=O) groups excluding carboxylic acids is 1. The Morgan fingerprint density at radius 2 is 1.84 bits per heavy atom. The van der Waals surface area contributed by atoms with Crippen LogP contribution in [-0.2, 0) is 33.2 Å². The molecule has 1 aromatic carbocycles. The van der Waals surface area contributed by atoms with Crippen molar-refractivity contribution in [2.75, 3.05) is 20.3 Å². The first kappa shape index (κ1) is 28.7. The fourth-order valence-electron chi connectivity index (χ4n) is 5.37. The van der Waals surface area contributed by atoms with Crippen LogP contribution in [0.5, 0.6) is 0 Å². The maximum atomic E-state index is 12.8. The van der Waals surface area contributed by atoms with Crippen molar-refractivity contribution in [3.8, 4) is 0 Å². The van der Waals surface area contributed by atoms with Crippen molar-refractivity contribution in [2.45, 2.75) is 107 Å². The number of aliphatic hydroxyl groups excluding tert-OH is 1. The first-order valence-corrected chi connectivity index (χ1v) is 17.5. The minimum absolute atomic E-state index is 0.260. The molecule has 37 heavy (non-hydrogen) atoms. The van der Waals surface area contributed by atoms with Crippen LogP contribution in [-0.4, -0.2) is 76.3 Å². The molecule has 1 saturated carbocycles. The molecule has 2 heterocycles. The lowest BCUT2D eigenvalue weighted by Crippen LogP contribution is -2.64. The molecule has 3 aliphatic rings. The Labute approximate surface area is 221 Å². The number of carbonyl (C=O) groups is 1. The third-order valence-corrected chi connectivity index (χ3v) is 9.27. The maximum absolute atomic E-state index is 12.8. The number of methoxy groups -OCH3 is 1. The SMILES string of the molecule is COC(=O)[C@H](CC1CCCCC1)O[C@@H]1[C@@H](O)[C@H](OCC[Si](C)(C)C)O[C@@H]2COC(c3ccccc3)O[C@H]12. The van der Waals surface area contributed by atoms with Gasteiger partial charge in [0.25, 0.3) is 0 Å². The van der Waals surface area contributed by atoms with E-state index in [1.807, 2.05) is 30.3 Å². The number of ether oxygens (including phenoxy) is 6. The van der Waals surface area contributed by atoms with Gasteiger partial charge in [0.05, 0.1) is 13.7 Å². The van der Waals surface area contributed by atoms with Crippen molar-refractivity contribution < 1.29 is 38.3 Å². The molecule has 2 aliphatic heterocycles. The Hall–Kier alpha value is -1.33. The van der Waals surface area contributed by atoms with Crippen LogP contribution >= 0.6 is 0 Å². The van der Waals surface area contributed by atoms with Gasteiger partial charge in [0, 0.05) is 20.2 Å². The zero-order chi connectivity index (χ0) is 26.4. The summed E-state index contributed by atoms with van der Waals surface area (Å²) in [4.78, 5) is 12.8. The van der Waals surface area contributed by atoms with E-state index in [0.29, 0.717) is 18.9 Å². The quantitative estimate of drug-likeness (QED) is 0.347. The summed E-state index contributed by atoms with van der Waals surface area (Å²) in [6.07, 6.45) is 0.851. The van der Waals surface area contributed by atoms with E-state index < -0.39 is 57.1 Å². The van der Waals surface area contributed by atoms with Crippen LogP contribution < -0.4 is 0 Å². The summed E-state index contributed by atoms with van der Waals surface area (Å²) in [5.74, 6) is -0.0363. The molecule has 1 aromatic rings. The molecule has 7 atom stereocenters. The van der Waals surface area contributed by atoms with Crippen LogP contribution in [0.2, 0.25) is 25.7 Å². The Morgan fingerprint density at radius 1 is 1.11 bits per heavy atom. The molecule has 2 saturated heterocycles. The van der Waals surface area contributed by atoms with Gasteiger partial charge in [-0.2, -0.15) is 0 Å². The number of aliphatic hydroxyl groups is 1. The molecule has 8 nitrogen and oxygen atoms in total. The van der Waals surface area contributed by atoms with E-state index in [-0.39, 0.29) is 6.61 Å². The molecule has 0 spiro atoms. The van der Waals surface area contributed by atoms with Gasteiger partial charge in [-0.1, -0.05) is 82.1 Å². The van der Waals surface area contributed by atoms with E-state index >= 15 is 0 Å². The van der Waals surface area contributed by atoms with Gasteiger partial charge in [0.2, 0.25) is 0 Å². The molecule has 0 radical (unpaired) electrons. The van der Waals surface area contributed by atoms with Crippen LogP contribution in [0.15, 0.2) is 30.3 Å². The number of esters is 1. The summed E-state index contributed by atoms with van der Waals surface area (Å²) >= 11 is 0. The topological polar surface area (TPSA) is 92.7 Å². The predicted octanol–water partition coefficient (Wildman–Crippen LogP) is 4.44. The first-order chi connectivity index (χ1) is 17.7. The van der Waals surface area contributed by atoms with Crippen LogP contribution in [0.3, 0.4) is 0 Å². The molecular weight excluding hydrogens is 492 g/mol. The molecule has 4 rings (SSSR count). The van der Waals surface area contributed by atoms with Gasteiger partial charge in [-0.15, -0.1) is 0 Å². The van der Waals surface area contributed by atoms with Crippen molar-refractivity contribution >= 4 is 14.0 Å². The van der Waals surface area contributed by atoms with E-state index in [0.717, 1.165) is 37.3 Å². The van der Waals surface area contributed by atoms with Gasteiger partial charge < -0.3 is 33.5 Å². The molecule has 0 aromatic heterocycles. The highest BCUT2D eigenvalue weighted by molar-refractivity contribution is 6.76. The lowest BCUT2D eigenvalue weighted by Gasteiger charge is -2.48. The van der Waals surface area contributed by atoms with E-state index in [1.165, 1.54) is 13.5 Å². The Morgan fingerprint density at radius 3 is 2.51 bits per heavy atom. The molecule has 0 amide bonds. The van der Waals surface area contributed by atoms with Gasteiger partial charge in [-0.3, -0.25) is 0 Å². The number of benzene rings is 1. The van der Waals surface area contributed by atoms with Gasteiger partial charge in [-0.05, 0) is 18.4 Å². The van der Waals surface area contributed by atoms with Crippen molar-refractivity contribution in [1.29, 1.82) is 0 Å². The largest absolute Gasteiger partial charge is 0.467 e. The highest BCUT2D eigenvalue weighted by atomic mass is 28.3. The number of rotatable bonds is 10. The van der Waals surface area contributed by atoms with Crippen LogP contribution in [0.1, 0.15) is 50.4 Å². The molecule has 1 unspecified atom stereocenters. The molecule has 1 aliphatic carbocycles. The summed E-state index contributed by atoms with van der Waals surface area (Å²) in [5.41, 5.74) is 0.870. The second-order valence-electron chi connectivity index (χ2n) is 11.7. The smallest absolute Gasteiger partial charge is 0.334 e. The minimum Gasteiger partial charge on any atom is -0.467 e. The fourth-order valence-corrected chi connectivity index (χ4v) is 6.10.